The van der Waals surface area contributed by atoms with Crippen molar-refractivity contribution >= 4 is 11.8 Å². The Hall–Kier alpha value is -1.72. The molecule has 0 saturated carbocycles. The Labute approximate surface area is 83.7 Å². The summed E-state index contributed by atoms with van der Waals surface area (Å²) in [6, 6.07) is 7.15. The van der Waals surface area contributed by atoms with E-state index in [1.165, 1.54) is 24.3 Å². The standard InChI is InChI=1S/C9H8F3NO2/c10-9(11,12)6-13(8(14)15)7-4-2-1-3-5-7/h1-5H,6H2,(H,14,15). The van der Waals surface area contributed by atoms with Crippen molar-refractivity contribution in [2.75, 3.05) is 11.4 Å². The zero-order valence-corrected chi connectivity index (χ0v) is 7.53. The Morgan fingerprint density at radius 2 is 1.80 bits per heavy atom. The lowest BCUT2D eigenvalue weighted by atomic mass is 10.3. The maximum Gasteiger partial charge on any atom is 0.412 e. The quantitative estimate of drug-likeness (QED) is 0.830. The minimum absolute atomic E-state index is 0.00215. The van der Waals surface area contributed by atoms with E-state index in [1.807, 2.05) is 0 Å². The SMILES string of the molecule is O=C(O)N(CC(F)(F)F)c1ccccc1. The van der Waals surface area contributed by atoms with E-state index in [0.717, 1.165) is 0 Å². The minimum atomic E-state index is -4.55. The maximum atomic E-state index is 12.0. The van der Waals surface area contributed by atoms with Gasteiger partial charge in [-0.15, -0.1) is 0 Å². The monoisotopic (exact) mass is 219 g/mol. The number of hydrogen-bond donors (Lipinski definition) is 1. The summed E-state index contributed by atoms with van der Waals surface area (Å²) < 4.78 is 36.1. The molecule has 0 spiro atoms. The van der Waals surface area contributed by atoms with Crippen LogP contribution in [0.5, 0.6) is 0 Å². The smallest absolute Gasteiger partial charge is 0.412 e. The van der Waals surface area contributed by atoms with Gasteiger partial charge in [0.1, 0.15) is 6.54 Å². The molecule has 0 aliphatic carbocycles. The summed E-state index contributed by atoms with van der Waals surface area (Å²) in [6.07, 6.45) is -6.17. The van der Waals surface area contributed by atoms with Crippen LogP contribution in [0, 0.1) is 0 Å². The Bertz CT molecular complexity index is 337. The molecular weight excluding hydrogens is 211 g/mol. The van der Waals surface area contributed by atoms with Gasteiger partial charge in [0.25, 0.3) is 0 Å². The van der Waals surface area contributed by atoms with Crippen LogP contribution in [0.25, 0.3) is 0 Å². The number of para-hydroxylation sites is 1. The van der Waals surface area contributed by atoms with Gasteiger partial charge >= 0.3 is 12.3 Å². The molecule has 1 rings (SSSR count). The van der Waals surface area contributed by atoms with Gasteiger partial charge in [0.2, 0.25) is 0 Å². The predicted molar refractivity (Wildman–Crippen MR) is 47.9 cm³/mol. The third-order valence-corrected chi connectivity index (χ3v) is 1.64. The first-order valence-corrected chi connectivity index (χ1v) is 4.02. The molecule has 0 aliphatic heterocycles. The molecule has 1 amide bonds. The third-order valence-electron chi connectivity index (χ3n) is 1.64. The minimum Gasteiger partial charge on any atom is -0.465 e. The van der Waals surface area contributed by atoms with Crippen molar-refractivity contribution in [3.63, 3.8) is 0 Å². The zero-order chi connectivity index (χ0) is 11.5. The molecule has 0 saturated heterocycles. The topological polar surface area (TPSA) is 40.5 Å². The van der Waals surface area contributed by atoms with Gasteiger partial charge in [0.05, 0.1) is 0 Å². The summed E-state index contributed by atoms with van der Waals surface area (Å²) in [5.74, 6) is 0. The number of alkyl halides is 3. The van der Waals surface area contributed by atoms with Crippen LogP contribution in [0.3, 0.4) is 0 Å². The second kappa shape index (κ2) is 4.20. The highest BCUT2D eigenvalue weighted by Crippen LogP contribution is 2.21. The lowest BCUT2D eigenvalue weighted by Gasteiger charge is -2.20. The van der Waals surface area contributed by atoms with Crippen molar-refractivity contribution in [3.8, 4) is 0 Å². The Morgan fingerprint density at radius 3 is 2.20 bits per heavy atom. The van der Waals surface area contributed by atoms with Gasteiger partial charge in [-0.2, -0.15) is 13.2 Å². The number of carbonyl (C=O) groups is 1. The van der Waals surface area contributed by atoms with E-state index < -0.39 is 18.8 Å². The molecule has 0 fully saturated rings. The summed E-state index contributed by atoms with van der Waals surface area (Å²) in [5, 5.41) is 8.62. The number of anilines is 1. The normalized spacial score (nSPS) is 11.1. The van der Waals surface area contributed by atoms with Crippen LogP contribution < -0.4 is 4.90 Å². The zero-order valence-electron chi connectivity index (χ0n) is 7.53. The average Bonchev–Trinajstić information content (AvgIpc) is 2.14. The molecule has 0 aromatic heterocycles. The van der Waals surface area contributed by atoms with Gasteiger partial charge < -0.3 is 5.11 Å². The van der Waals surface area contributed by atoms with E-state index in [9.17, 15) is 18.0 Å². The fourth-order valence-corrected chi connectivity index (χ4v) is 1.06. The molecule has 1 aromatic carbocycles. The van der Waals surface area contributed by atoms with E-state index in [1.54, 1.807) is 6.07 Å². The largest absolute Gasteiger partial charge is 0.465 e. The van der Waals surface area contributed by atoms with Crippen LogP contribution >= 0.6 is 0 Å². The van der Waals surface area contributed by atoms with Gasteiger partial charge in [-0.3, -0.25) is 4.90 Å². The van der Waals surface area contributed by atoms with Crippen molar-refractivity contribution < 1.29 is 23.1 Å². The second-order valence-electron chi connectivity index (χ2n) is 2.82. The highest BCUT2D eigenvalue weighted by atomic mass is 19.4. The van der Waals surface area contributed by atoms with Crippen LogP contribution in [0.1, 0.15) is 0 Å². The van der Waals surface area contributed by atoms with E-state index in [2.05, 4.69) is 0 Å². The fourth-order valence-electron chi connectivity index (χ4n) is 1.06. The van der Waals surface area contributed by atoms with Gasteiger partial charge in [-0.25, -0.2) is 4.79 Å². The van der Waals surface area contributed by atoms with Crippen molar-refractivity contribution in [2.24, 2.45) is 0 Å². The molecule has 1 aromatic rings. The Balaban J connectivity index is 2.90. The maximum absolute atomic E-state index is 12.0. The van der Waals surface area contributed by atoms with E-state index in [4.69, 9.17) is 5.11 Å². The van der Waals surface area contributed by atoms with Gasteiger partial charge in [0.15, 0.2) is 0 Å². The Morgan fingerprint density at radius 1 is 1.27 bits per heavy atom. The Kier molecular flexibility index (Phi) is 3.18. The van der Waals surface area contributed by atoms with E-state index in [-0.39, 0.29) is 10.6 Å². The number of benzene rings is 1. The van der Waals surface area contributed by atoms with Gasteiger partial charge in [-0.1, -0.05) is 18.2 Å². The average molecular weight is 219 g/mol. The number of nitrogens with zero attached hydrogens (tertiary/aromatic N) is 1. The molecule has 1 N–H and O–H groups in total. The van der Waals surface area contributed by atoms with Crippen LogP contribution in [-0.2, 0) is 0 Å². The lowest BCUT2D eigenvalue weighted by Crippen LogP contribution is -2.38. The third kappa shape index (κ3) is 3.49. The van der Waals surface area contributed by atoms with E-state index in [0.29, 0.717) is 0 Å². The first-order chi connectivity index (χ1) is 6.90. The summed E-state index contributed by atoms with van der Waals surface area (Å²) >= 11 is 0. The summed E-state index contributed by atoms with van der Waals surface area (Å²) in [7, 11) is 0. The van der Waals surface area contributed by atoms with Crippen LogP contribution in [0.2, 0.25) is 0 Å². The summed E-state index contributed by atoms with van der Waals surface area (Å²) in [6.45, 7) is -1.51. The molecule has 0 unspecified atom stereocenters. The molecule has 3 nitrogen and oxygen atoms in total. The first-order valence-electron chi connectivity index (χ1n) is 4.02. The van der Waals surface area contributed by atoms with Gasteiger partial charge in [-0.05, 0) is 12.1 Å². The molecule has 0 aliphatic rings. The molecule has 0 heterocycles. The number of carboxylic acid groups (broad SMARTS) is 1. The van der Waals surface area contributed by atoms with Crippen molar-refractivity contribution in [2.45, 2.75) is 6.18 Å². The molecule has 82 valence electrons. The predicted octanol–water partition coefficient (Wildman–Crippen LogP) is 2.73. The molecule has 15 heavy (non-hydrogen) atoms. The molecule has 6 heteroatoms. The lowest BCUT2D eigenvalue weighted by molar-refractivity contribution is -0.119. The van der Waals surface area contributed by atoms with Crippen LogP contribution in [-0.4, -0.2) is 23.9 Å². The number of rotatable bonds is 2. The van der Waals surface area contributed by atoms with Crippen molar-refractivity contribution in [1.82, 2.24) is 0 Å². The molecular formula is C9H8F3NO2. The first kappa shape index (κ1) is 11.4. The van der Waals surface area contributed by atoms with Crippen molar-refractivity contribution in [1.29, 1.82) is 0 Å². The number of halogens is 3. The number of hydrogen-bond acceptors (Lipinski definition) is 1. The second-order valence-corrected chi connectivity index (χ2v) is 2.82. The van der Waals surface area contributed by atoms with Gasteiger partial charge in [0, 0.05) is 5.69 Å². The molecule has 0 atom stereocenters. The summed E-state index contributed by atoms with van der Waals surface area (Å²) in [4.78, 5) is 10.9. The molecule has 0 radical (unpaired) electrons. The van der Waals surface area contributed by atoms with Crippen LogP contribution in [0.15, 0.2) is 30.3 Å². The summed E-state index contributed by atoms with van der Waals surface area (Å²) in [5.41, 5.74) is 0.00215. The van der Waals surface area contributed by atoms with Crippen LogP contribution in [0.4, 0.5) is 23.7 Å². The van der Waals surface area contributed by atoms with Crippen molar-refractivity contribution in [3.05, 3.63) is 30.3 Å². The fraction of sp³-hybridized carbons (Fsp3) is 0.222. The molecule has 0 bridgehead atoms. The van der Waals surface area contributed by atoms with E-state index >= 15 is 0 Å². The number of amides is 1. The highest BCUT2D eigenvalue weighted by Gasteiger charge is 2.33. The highest BCUT2D eigenvalue weighted by molar-refractivity contribution is 5.85.